The summed E-state index contributed by atoms with van der Waals surface area (Å²) in [6.45, 7) is 0. The molecular weight excluding hydrogens is 284 g/mol. The van der Waals surface area contributed by atoms with Crippen molar-refractivity contribution in [3.8, 4) is 0 Å². The van der Waals surface area contributed by atoms with E-state index in [-0.39, 0.29) is 15.1 Å². The predicted octanol–water partition coefficient (Wildman–Crippen LogP) is 3.05. The van der Waals surface area contributed by atoms with Crippen molar-refractivity contribution in [2.24, 2.45) is 0 Å². The Kier molecular flexibility index (Phi) is 2.80. The first-order chi connectivity index (χ1) is 9.07. The van der Waals surface area contributed by atoms with Crippen molar-refractivity contribution in [1.82, 2.24) is 9.97 Å². The third-order valence-electron chi connectivity index (χ3n) is 2.79. The van der Waals surface area contributed by atoms with Crippen LogP contribution in [0.5, 0.6) is 0 Å². The zero-order valence-corrected chi connectivity index (χ0v) is 11.2. The fourth-order valence-corrected chi connectivity index (χ4v) is 3.35. The lowest BCUT2D eigenvalue weighted by atomic mass is 10.3. The Labute approximate surface area is 115 Å². The molecule has 96 valence electrons. The molecule has 0 fully saturated rings. The van der Waals surface area contributed by atoms with Crippen molar-refractivity contribution in [2.45, 2.75) is 9.79 Å². The number of H-pyrrole nitrogens is 1. The Hall–Kier alpha value is -1.85. The minimum atomic E-state index is -3.52. The second kappa shape index (κ2) is 4.36. The van der Waals surface area contributed by atoms with E-state index in [1.54, 1.807) is 42.5 Å². The third kappa shape index (κ3) is 2.11. The van der Waals surface area contributed by atoms with Crippen molar-refractivity contribution >= 4 is 32.5 Å². The zero-order chi connectivity index (χ0) is 13.5. The number of sulfone groups is 1. The number of hydrogen-bond acceptors (Lipinski definition) is 3. The van der Waals surface area contributed by atoms with Gasteiger partial charge in [-0.3, -0.25) is 0 Å². The van der Waals surface area contributed by atoms with Crippen LogP contribution in [-0.2, 0) is 9.84 Å². The lowest BCUT2D eigenvalue weighted by Crippen LogP contribution is -2.01. The minimum Gasteiger partial charge on any atom is -0.329 e. The number of aromatic amines is 1. The van der Waals surface area contributed by atoms with E-state index in [4.69, 9.17) is 11.6 Å². The zero-order valence-electron chi connectivity index (χ0n) is 9.67. The van der Waals surface area contributed by atoms with E-state index in [9.17, 15) is 8.42 Å². The summed E-state index contributed by atoms with van der Waals surface area (Å²) in [5.41, 5.74) is 1.24. The molecule has 0 aliphatic rings. The van der Waals surface area contributed by atoms with Crippen molar-refractivity contribution in [2.75, 3.05) is 0 Å². The maximum Gasteiger partial charge on any atom is 0.206 e. The van der Waals surface area contributed by atoms with Gasteiger partial charge in [0.15, 0.2) is 0 Å². The van der Waals surface area contributed by atoms with Crippen LogP contribution in [0.4, 0.5) is 0 Å². The van der Waals surface area contributed by atoms with Gasteiger partial charge in [-0.2, -0.15) is 0 Å². The van der Waals surface area contributed by atoms with Gasteiger partial charge in [-0.05, 0) is 41.9 Å². The van der Waals surface area contributed by atoms with Crippen LogP contribution in [-0.4, -0.2) is 18.4 Å². The molecule has 1 aromatic heterocycles. The molecule has 0 unspecified atom stereocenters. The van der Waals surface area contributed by atoms with Crippen molar-refractivity contribution < 1.29 is 8.42 Å². The number of rotatable bonds is 2. The van der Waals surface area contributed by atoms with Gasteiger partial charge in [-0.15, -0.1) is 0 Å². The van der Waals surface area contributed by atoms with Gasteiger partial charge in [0, 0.05) is 0 Å². The van der Waals surface area contributed by atoms with Gasteiger partial charge in [0.2, 0.25) is 15.1 Å². The van der Waals surface area contributed by atoms with Gasteiger partial charge in [-0.25, -0.2) is 13.4 Å². The molecule has 0 aliphatic carbocycles. The quantitative estimate of drug-likeness (QED) is 0.789. The van der Waals surface area contributed by atoms with E-state index in [0.717, 1.165) is 0 Å². The highest BCUT2D eigenvalue weighted by Gasteiger charge is 2.18. The van der Waals surface area contributed by atoms with Gasteiger partial charge in [0.05, 0.1) is 20.8 Å². The van der Waals surface area contributed by atoms with Crippen LogP contribution in [0, 0.1) is 0 Å². The average molecular weight is 293 g/mol. The topological polar surface area (TPSA) is 62.8 Å². The van der Waals surface area contributed by atoms with E-state index in [1.165, 1.54) is 6.07 Å². The van der Waals surface area contributed by atoms with E-state index < -0.39 is 9.84 Å². The second-order valence-corrected chi connectivity index (χ2v) is 6.33. The predicted molar refractivity (Wildman–Crippen MR) is 73.0 cm³/mol. The van der Waals surface area contributed by atoms with Crippen LogP contribution >= 0.6 is 11.6 Å². The summed E-state index contributed by atoms with van der Waals surface area (Å²) in [5.74, 6) is 0. The molecule has 2 aromatic carbocycles. The molecule has 19 heavy (non-hydrogen) atoms. The smallest absolute Gasteiger partial charge is 0.206 e. The minimum absolute atomic E-state index is 0.203. The first-order valence-corrected chi connectivity index (χ1v) is 7.39. The van der Waals surface area contributed by atoms with E-state index >= 15 is 0 Å². The fraction of sp³-hybridized carbons (Fsp3) is 0. The summed E-state index contributed by atoms with van der Waals surface area (Å²) in [7, 11) is -3.52. The van der Waals surface area contributed by atoms with Crippen LogP contribution in [0.15, 0.2) is 58.3 Å². The highest BCUT2D eigenvalue weighted by Crippen LogP contribution is 2.24. The molecule has 4 nitrogen and oxygen atoms in total. The Morgan fingerprint density at radius 3 is 2.47 bits per heavy atom. The molecule has 6 heteroatoms. The number of halogens is 1. The van der Waals surface area contributed by atoms with Crippen molar-refractivity contribution in [1.29, 1.82) is 0 Å². The summed E-state index contributed by atoms with van der Waals surface area (Å²) in [6, 6.07) is 13.0. The monoisotopic (exact) mass is 292 g/mol. The molecular formula is C13H9ClN2O2S. The molecule has 0 amide bonds. The maximum absolute atomic E-state index is 12.4. The Bertz CT molecular complexity index is 841. The Balaban J connectivity index is 2.18. The number of aromatic nitrogens is 2. The second-order valence-electron chi connectivity index (χ2n) is 4.02. The first kappa shape index (κ1) is 12.2. The molecule has 1 heterocycles. The number of benzene rings is 2. The van der Waals surface area contributed by atoms with E-state index in [0.29, 0.717) is 11.0 Å². The summed E-state index contributed by atoms with van der Waals surface area (Å²) >= 11 is 5.75. The molecule has 3 rings (SSSR count). The SMILES string of the molecule is O=S(=O)(c1ccccc1)c1ccc2[nH]c(Cl)nc2c1. The molecule has 0 bridgehead atoms. The summed E-state index contributed by atoms with van der Waals surface area (Å²) < 4.78 is 24.8. The van der Waals surface area contributed by atoms with E-state index in [1.807, 2.05) is 0 Å². The average Bonchev–Trinajstić information content (AvgIpc) is 2.78. The third-order valence-corrected chi connectivity index (χ3v) is 4.74. The number of nitrogens with one attached hydrogen (secondary N) is 1. The standard InChI is InChI=1S/C13H9ClN2O2S/c14-13-15-11-7-6-10(8-12(11)16-13)19(17,18)9-4-2-1-3-5-9/h1-8H,(H,15,16). The van der Waals surface area contributed by atoms with Gasteiger partial charge in [0.1, 0.15) is 0 Å². The van der Waals surface area contributed by atoms with Gasteiger partial charge < -0.3 is 4.98 Å². The first-order valence-electron chi connectivity index (χ1n) is 5.53. The largest absolute Gasteiger partial charge is 0.329 e. The Morgan fingerprint density at radius 2 is 1.74 bits per heavy atom. The van der Waals surface area contributed by atoms with Gasteiger partial charge in [0.25, 0.3) is 0 Å². The van der Waals surface area contributed by atoms with Crippen LogP contribution in [0.3, 0.4) is 0 Å². The summed E-state index contributed by atoms with van der Waals surface area (Å²) in [4.78, 5) is 7.33. The summed E-state index contributed by atoms with van der Waals surface area (Å²) in [6.07, 6.45) is 0. The highest BCUT2D eigenvalue weighted by atomic mass is 35.5. The normalized spacial score (nSPS) is 11.8. The number of hydrogen-bond donors (Lipinski definition) is 1. The Morgan fingerprint density at radius 1 is 1.00 bits per heavy atom. The maximum atomic E-state index is 12.4. The molecule has 0 spiro atoms. The van der Waals surface area contributed by atoms with Crippen LogP contribution in [0.1, 0.15) is 0 Å². The molecule has 1 N–H and O–H groups in total. The summed E-state index contributed by atoms with van der Waals surface area (Å²) in [5, 5.41) is 0.240. The van der Waals surface area contributed by atoms with Crippen molar-refractivity contribution in [3.05, 3.63) is 53.8 Å². The number of nitrogens with zero attached hydrogens (tertiary/aromatic N) is 1. The van der Waals surface area contributed by atoms with Crippen molar-refractivity contribution in [3.63, 3.8) is 0 Å². The molecule has 3 aromatic rings. The number of fused-ring (bicyclic) bond motifs is 1. The number of imidazole rings is 1. The van der Waals surface area contributed by atoms with Gasteiger partial charge in [-0.1, -0.05) is 18.2 Å². The molecule has 0 atom stereocenters. The van der Waals surface area contributed by atoms with Gasteiger partial charge >= 0.3 is 0 Å². The fourth-order valence-electron chi connectivity index (χ4n) is 1.86. The van der Waals surface area contributed by atoms with Crippen LogP contribution in [0.2, 0.25) is 5.28 Å². The van der Waals surface area contributed by atoms with E-state index in [2.05, 4.69) is 9.97 Å². The molecule has 0 saturated carbocycles. The lowest BCUT2D eigenvalue weighted by Gasteiger charge is -2.03. The van der Waals surface area contributed by atoms with Crippen LogP contribution < -0.4 is 0 Å². The lowest BCUT2D eigenvalue weighted by molar-refractivity contribution is 0.596. The molecule has 0 radical (unpaired) electrons. The molecule has 0 aliphatic heterocycles. The molecule has 0 saturated heterocycles. The van der Waals surface area contributed by atoms with Crippen LogP contribution in [0.25, 0.3) is 11.0 Å². The highest BCUT2D eigenvalue weighted by molar-refractivity contribution is 7.91.